The Balaban J connectivity index is 1.38. The van der Waals surface area contributed by atoms with Gasteiger partial charge < -0.3 is 29.7 Å². The maximum absolute atomic E-state index is 14.3. The minimum Gasteiger partial charge on any atom is -0.467 e. The molecule has 3 aliphatic heterocycles. The molecule has 1 saturated carbocycles. The maximum Gasteiger partial charge on any atom is 0.410 e. The number of nitrogens with zero attached hydrogens (tertiary/aromatic N) is 2. The molecule has 1 aromatic rings. The highest BCUT2D eigenvalue weighted by Gasteiger charge is 2.62. The van der Waals surface area contributed by atoms with E-state index in [0.29, 0.717) is 30.4 Å². The molecule has 12 nitrogen and oxygen atoms in total. The van der Waals surface area contributed by atoms with Gasteiger partial charge in [-0.15, -0.1) is 0 Å². The van der Waals surface area contributed by atoms with Crippen LogP contribution in [0.3, 0.4) is 0 Å². The van der Waals surface area contributed by atoms with Crippen LogP contribution in [0.15, 0.2) is 30.4 Å². The number of rotatable bonds is 3. The first-order valence-electron chi connectivity index (χ1n) is 15.9. The molecular formula is C33H43FN4O8. The third-order valence-electron chi connectivity index (χ3n) is 8.93. The first kappa shape index (κ1) is 33.2. The first-order valence-corrected chi connectivity index (χ1v) is 15.9. The number of amides is 4. The van der Waals surface area contributed by atoms with Gasteiger partial charge in [-0.05, 0) is 58.1 Å². The van der Waals surface area contributed by atoms with Crippen molar-refractivity contribution in [2.45, 2.75) is 108 Å². The minimum absolute atomic E-state index is 0.0324. The third-order valence-corrected chi connectivity index (χ3v) is 8.93. The summed E-state index contributed by atoms with van der Waals surface area (Å²) in [6.07, 6.45) is 5.23. The van der Waals surface area contributed by atoms with E-state index < -0.39 is 65.1 Å². The van der Waals surface area contributed by atoms with Crippen molar-refractivity contribution in [3.63, 3.8) is 0 Å². The van der Waals surface area contributed by atoms with Gasteiger partial charge in [-0.1, -0.05) is 37.1 Å². The van der Waals surface area contributed by atoms with Crippen molar-refractivity contribution >= 4 is 30.0 Å². The molecule has 13 heteroatoms. The number of carbonyl (C=O) groups is 5. The molecule has 2 fully saturated rings. The average Bonchev–Trinajstić information content (AvgIpc) is 3.29. The van der Waals surface area contributed by atoms with E-state index in [-0.39, 0.29) is 32.0 Å². The van der Waals surface area contributed by atoms with Crippen molar-refractivity contribution in [2.75, 3.05) is 13.7 Å². The average molecular weight is 643 g/mol. The lowest BCUT2D eigenvalue weighted by Gasteiger charge is -2.30. The second kappa shape index (κ2) is 13.3. The monoisotopic (exact) mass is 642 g/mol. The van der Waals surface area contributed by atoms with Gasteiger partial charge in [0.15, 0.2) is 0 Å². The Morgan fingerprint density at radius 2 is 1.89 bits per heavy atom. The van der Waals surface area contributed by atoms with Crippen LogP contribution >= 0.6 is 0 Å². The summed E-state index contributed by atoms with van der Waals surface area (Å²) in [5, 5.41) is 5.54. The zero-order valence-corrected chi connectivity index (χ0v) is 26.8. The molecule has 1 aromatic carbocycles. The quantitative estimate of drug-likeness (QED) is 0.289. The van der Waals surface area contributed by atoms with Gasteiger partial charge in [-0.25, -0.2) is 18.8 Å². The van der Waals surface area contributed by atoms with Gasteiger partial charge in [0.2, 0.25) is 11.8 Å². The van der Waals surface area contributed by atoms with Crippen molar-refractivity contribution in [3.8, 4) is 0 Å². The number of alkyl carbamates (subject to hydrolysis) is 1. The third kappa shape index (κ3) is 7.28. The standard InChI is InChI=1S/C33H43FN4O8/c1-32(2,3)46-30(42)35-25-14-9-7-5-6-8-12-21-16-33(21,29(41)44-4)36-27(39)26-15-22(18-38(26)28(25)40)45-31(43)37-17-20-11-10-13-24(34)23(20)19-37/h8,10-13,21-22,25-26H,5-7,9,14-19H2,1-4H3,(H,35,42)(H,36,39)/b12-8+. The number of methoxy groups -OCH3 is 1. The number of fused-ring (bicyclic) bond motifs is 3. The van der Waals surface area contributed by atoms with E-state index in [1.54, 1.807) is 32.9 Å². The van der Waals surface area contributed by atoms with Crippen molar-refractivity contribution in [2.24, 2.45) is 5.92 Å². The number of allylic oxidation sites excluding steroid dienone is 1. The molecule has 3 heterocycles. The molecule has 250 valence electrons. The SMILES string of the molecule is COC(=O)C12CC1/C=C/CCCCCC(NC(=O)OC(C)(C)C)C(=O)N1CC(OC(=O)N3Cc4cccc(F)c4C3)CC1C(=O)N2. The Morgan fingerprint density at radius 3 is 2.61 bits per heavy atom. The summed E-state index contributed by atoms with van der Waals surface area (Å²) >= 11 is 0. The van der Waals surface area contributed by atoms with Crippen LogP contribution in [0.4, 0.5) is 14.0 Å². The van der Waals surface area contributed by atoms with Crippen molar-refractivity contribution in [1.82, 2.24) is 20.4 Å². The van der Waals surface area contributed by atoms with Crippen LogP contribution < -0.4 is 10.6 Å². The van der Waals surface area contributed by atoms with E-state index in [2.05, 4.69) is 10.6 Å². The fraction of sp³-hybridized carbons (Fsp3) is 0.606. The second-order valence-electron chi connectivity index (χ2n) is 13.5. The van der Waals surface area contributed by atoms with Crippen LogP contribution in [0.25, 0.3) is 0 Å². The number of halogens is 1. The summed E-state index contributed by atoms with van der Waals surface area (Å²) in [6.45, 7) is 5.25. The molecule has 1 aliphatic carbocycles. The van der Waals surface area contributed by atoms with Crippen LogP contribution in [-0.2, 0) is 41.7 Å². The van der Waals surface area contributed by atoms with Crippen LogP contribution in [-0.4, -0.2) is 82.8 Å². The molecule has 4 amide bonds. The fourth-order valence-electron chi connectivity index (χ4n) is 6.49. The molecule has 2 N–H and O–H groups in total. The lowest BCUT2D eigenvalue weighted by molar-refractivity contribution is -0.148. The second-order valence-corrected chi connectivity index (χ2v) is 13.5. The van der Waals surface area contributed by atoms with Crippen molar-refractivity contribution in [1.29, 1.82) is 0 Å². The van der Waals surface area contributed by atoms with Gasteiger partial charge in [0.05, 0.1) is 20.2 Å². The minimum atomic E-state index is -1.26. The van der Waals surface area contributed by atoms with Crippen molar-refractivity contribution < 1.29 is 42.6 Å². The van der Waals surface area contributed by atoms with Crippen LogP contribution in [0.1, 0.15) is 76.8 Å². The summed E-state index contributed by atoms with van der Waals surface area (Å²) in [5.74, 6) is -2.35. The van der Waals surface area contributed by atoms with Gasteiger partial charge in [0, 0.05) is 24.4 Å². The molecule has 5 rings (SSSR count). The number of hydrogen-bond acceptors (Lipinski definition) is 8. The Morgan fingerprint density at radius 1 is 1.11 bits per heavy atom. The number of esters is 1. The Kier molecular flexibility index (Phi) is 9.59. The molecule has 1 saturated heterocycles. The molecule has 0 radical (unpaired) electrons. The molecule has 5 unspecified atom stereocenters. The fourth-order valence-corrected chi connectivity index (χ4v) is 6.49. The molecule has 0 bridgehead atoms. The zero-order chi connectivity index (χ0) is 33.2. The smallest absolute Gasteiger partial charge is 0.410 e. The highest BCUT2D eigenvalue weighted by molar-refractivity contribution is 5.96. The van der Waals surface area contributed by atoms with Gasteiger partial charge in [0.1, 0.15) is 35.1 Å². The summed E-state index contributed by atoms with van der Waals surface area (Å²) < 4.78 is 30.6. The lowest BCUT2D eigenvalue weighted by Crippen LogP contribution is -2.56. The Bertz CT molecular complexity index is 1410. The Labute approximate surface area is 268 Å². The van der Waals surface area contributed by atoms with E-state index in [0.717, 1.165) is 19.3 Å². The molecule has 0 spiro atoms. The predicted octanol–water partition coefficient (Wildman–Crippen LogP) is 3.71. The number of carbonyl (C=O) groups excluding carboxylic acids is 5. The van der Waals surface area contributed by atoms with Crippen LogP contribution in [0, 0.1) is 11.7 Å². The summed E-state index contributed by atoms with van der Waals surface area (Å²) in [5.41, 5.74) is -0.950. The summed E-state index contributed by atoms with van der Waals surface area (Å²) in [7, 11) is 1.26. The first-order chi connectivity index (χ1) is 21.8. The number of hydrogen-bond donors (Lipinski definition) is 2. The number of benzene rings is 1. The van der Waals surface area contributed by atoms with Crippen molar-refractivity contribution in [3.05, 3.63) is 47.3 Å². The zero-order valence-electron chi connectivity index (χ0n) is 26.8. The van der Waals surface area contributed by atoms with E-state index >= 15 is 0 Å². The molecular weight excluding hydrogens is 599 g/mol. The van der Waals surface area contributed by atoms with Crippen LogP contribution in [0.5, 0.6) is 0 Å². The molecule has 4 aliphatic rings. The van der Waals surface area contributed by atoms with E-state index in [1.165, 1.54) is 23.0 Å². The van der Waals surface area contributed by atoms with Gasteiger partial charge in [0.25, 0.3) is 0 Å². The molecule has 5 atom stereocenters. The number of ether oxygens (including phenoxy) is 3. The van der Waals surface area contributed by atoms with E-state index in [4.69, 9.17) is 14.2 Å². The molecule has 46 heavy (non-hydrogen) atoms. The van der Waals surface area contributed by atoms with Crippen LogP contribution in [0.2, 0.25) is 0 Å². The maximum atomic E-state index is 14.3. The highest BCUT2D eigenvalue weighted by atomic mass is 19.1. The summed E-state index contributed by atoms with van der Waals surface area (Å²) in [4.78, 5) is 69.6. The summed E-state index contributed by atoms with van der Waals surface area (Å²) in [6, 6.07) is 2.57. The largest absolute Gasteiger partial charge is 0.467 e. The van der Waals surface area contributed by atoms with Gasteiger partial charge in [-0.2, -0.15) is 0 Å². The van der Waals surface area contributed by atoms with E-state index in [1.807, 2.05) is 12.2 Å². The van der Waals surface area contributed by atoms with E-state index in [9.17, 15) is 28.4 Å². The molecule has 0 aromatic heterocycles. The normalized spacial score (nSPS) is 28.8. The Hall–Kier alpha value is -4.16. The number of nitrogens with one attached hydrogen (secondary N) is 2. The van der Waals surface area contributed by atoms with Gasteiger partial charge >= 0.3 is 18.2 Å². The highest BCUT2D eigenvalue weighted by Crippen LogP contribution is 2.46. The topological polar surface area (TPSA) is 144 Å². The predicted molar refractivity (Wildman–Crippen MR) is 162 cm³/mol. The van der Waals surface area contributed by atoms with Gasteiger partial charge in [-0.3, -0.25) is 14.5 Å². The lowest BCUT2D eigenvalue weighted by atomic mass is 10.0.